The van der Waals surface area contributed by atoms with Crippen molar-refractivity contribution in [2.75, 3.05) is 11.4 Å². The maximum Gasteiger partial charge on any atom is 0.310 e. The van der Waals surface area contributed by atoms with Crippen molar-refractivity contribution in [1.29, 1.82) is 0 Å². The number of aliphatic carboxylic acids is 1. The molecule has 1 aromatic carbocycles. The Balaban J connectivity index is 2.10. The van der Waals surface area contributed by atoms with Gasteiger partial charge in [0.25, 0.3) is 0 Å². The van der Waals surface area contributed by atoms with Crippen LogP contribution in [-0.2, 0) is 22.4 Å². The molecule has 4 nitrogen and oxygen atoms in total. The highest BCUT2D eigenvalue weighted by Crippen LogP contribution is 2.38. The number of benzene rings is 1. The fourth-order valence-corrected chi connectivity index (χ4v) is 2.88. The molecule has 2 heterocycles. The summed E-state index contributed by atoms with van der Waals surface area (Å²) in [5, 5.41) is 9.09. The van der Waals surface area contributed by atoms with Crippen LogP contribution in [0.25, 0.3) is 0 Å². The van der Waals surface area contributed by atoms with Crippen LogP contribution in [0.5, 0.6) is 0 Å². The van der Waals surface area contributed by atoms with Crippen molar-refractivity contribution < 1.29 is 14.7 Å². The van der Waals surface area contributed by atoms with Gasteiger partial charge in [-0.2, -0.15) is 0 Å². The second-order valence-corrected chi connectivity index (χ2v) is 5.04. The van der Waals surface area contributed by atoms with E-state index < -0.39 is 11.9 Å². The minimum absolute atomic E-state index is 0.195. The number of hydrogen-bond donors (Lipinski definition) is 1. The summed E-state index contributed by atoms with van der Waals surface area (Å²) in [4.78, 5) is 24.7. The molecule has 1 unspecified atom stereocenters. The lowest BCUT2D eigenvalue weighted by molar-refractivity contribution is -0.138. The average Bonchev–Trinajstić information content (AvgIpc) is 2.78. The lowest BCUT2D eigenvalue weighted by Crippen LogP contribution is -2.32. The highest BCUT2D eigenvalue weighted by molar-refractivity contribution is 5.98. The third kappa shape index (κ3) is 1.52. The van der Waals surface area contributed by atoms with E-state index in [2.05, 4.69) is 0 Å². The molecule has 0 saturated carbocycles. The van der Waals surface area contributed by atoms with Gasteiger partial charge >= 0.3 is 5.97 Å². The van der Waals surface area contributed by atoms with Gasteiger partial charge < -0.3 is 10.0 Å². The first-order valence-corrected chi connectivity index (χ1v) is 6.27. The zero-order valence-electron chi connectivity index (χ0n) is 10.3. The third-order valence-corrected chi connectivity index (χ3v) is 3.94. The Morgan fingerprint density at radius 3 is 2.61 bits per heavy atom. The van der Waals surface area contributed by atoms with Gasteiger partial charge in [0.05, 0.1) is 11.6 Å². The zero-order valence-corrected chi connectivity index (χ0v) is 10.3. The van der Waals surface area contributed by atoms with Crippen molar-refractivity contribution in [3.63, 3.8) is 0 Å². The highest BCUT2D eigenvalue weighted by atomic mass is 16.4. The second kappa shape index (κ2) is 3.83. The van der Waals surface area contributed by atoms with E-state index in [0.717, 1.165) is 41.8 Å². The Labute approximate surface area is 105 Å². The fourth-order valence-electron chi connectivity index (χ4n) is 2.88. The van der Waals surface area contributed by atoms with Crippen LogP contribution >= 0.6 is 0 Å². The van der Waals surface area contributed by atoms with Crippen molar-refractivity contribution in [2.24, 2.45) is 0 Å². The number of carbonyl (C=O) groups excluding carboxylic acids is 1. The van der Waals surface area contributed by atoms with Gasteiger partial charge in [-0.25, -0.2) is 0 Å². The molecule has 0 bridgehead atoms. The minimum atomic E-state index is -0.802. The second-order valence-electron chi connectivity index (χ2n) is 5.04. The standard InChI is InChI=1S/C14H15NO3/c1-8(14(17)18)11-6-9-2-3-12(16)15-5-4-10(7-11)13(9)15/h6-8H,2-5H2,1H3,(H,17,18). The number of aryl methyl sites for hydroxylation is 1. The number of hydrogen-bond acceptors (Lipinski definition) is 2. The van der Waals surface area contributed by atoms with E-state index in [1.54, 1.807) is 6.92 Å². The molecule has 94 valence electrons. The number of anilines is 1. The van der Waals surface area contributed by atoms with Crippen molar-refractivity contribution in [2.45, 2.75) is 32.1 Å². The number of carboxylic acids is 1. The predicted octanol–water partition coefficient (Wildman–Crippen LogP) is 1.71. The van der Waals surface area contributed by atoms with E-state index in [1.165, 1.54) is 0 Å². The van der Waals surface area contributed by atoms with Gasteiger partial charge in [-0.05, 0) is 36.5 Å². The van der Waals surface area contributed by atoms with Crippen LogP contribution in [0.15, 0.2) is 12.1 Å². The molecule has 0 aliphatic carbocycles. The third-order valence-electron chi connectivity index (χ3n) is 3.94. The van der Waals surface area contributed by atoms with Gasteiger partial charge in [0, 0.05) is 13.0 Å². The summed E-state index contributed by atoms with van der Waals surface area (Å²) < 4.78 is 0. The number of amides is 1. The van der Waals surface area contributed by atoms with E-state index in [4.69, 9.17) is 5.11 Å². The number of carbonyl (C=O) groups is 2. The summed E-state index contributed by atoms with van der Waals surface area (Å²) in [6.45, 7) is 2.45. The molecule has 0 spiro atoms. The lowest BCUT2D eigenvalue weighted by atomic mass is 9.92. The molecule has 0 saturated heterocycles. The van der Waals surface area contributed by atoms with Crippen molar-refractivity contribution >= 4 is 17.6 Å². The van der Waals surface area contributed by atoms with Crippen molar-refractivity contribution in [3.05, 3.63) is 28.8 Å². The summed E-state index contributed by atoms with van der Waals surface area (Å²) in [5.41, 5.74) is 4.16. The maximum absolute atomic E-state index is 11.8. The summed E-state index contributed by atoms with van der Waals surface area (Å²) in [6.07, 6.45) is 2.11. The van der Waals surface area contributed by atoms with E-state index in [0.29, 0.717) is 6.42 Å². The molecular formula is C14H15NO3. The SMILES string of the molecule is CC(C(=O)O)c1cc2c3c(c1)CCN3C(=O)CC2. The van der Waals surface area contributed by atoms with E-state index in [-0.39, 0.29) is 5.91 Å². The lowest BCUT2D eigenvalue weighted by Gasteiger charge is -2.26. The number of nitrogens with zero attached hydrogens (tertiary/aromatic N) is 1. The normalized spacial score (nSPS) is 18.7. The zero-order chi connectivity index (χ0) is 12.9. The smallest absolute Gasteiger partial charge is 0.310 e. The summed E-state index contributed by atoms with van der Waals surface area (Å²) in [6, 6.07) is 3.92. The van der Waals surface area contributed by atoms with Gasteiger partial charge in [-0.15, -0.1) is 0 Å². The molecular weight excluding hydrogens is 230 g/mol. The van der Waals surface area contributed by atoms with Crippen molar-refractivity contribution in [1.82, 2.24) is 0 Å². The van der Waals surface area contributed by atoms with Gasteiger partial charge in [-0.1, -0.05) is 12.1 Å². The van der Waals surface area contributed by atoms with E-state index >= 15 is 0 Å². The topological polar surface area (TPSA) is 57.6 Å². The Morgan fingerprint density at radius 1 is 1.28 bits per heavy atom. The van der Waals surface area contributed by atoms with Crippen LogP contribution in [0.1, 0.15) is 36.0 Å². The van der Waals surface area contributed by atoms with Crippen LogP contribution in [0.2, 0.25) is 0 Å². The first-order valence-electron chi connectivity index (χ1n) is 6.27. The van der Waals surface area contributed by atoms with E-state index in [9.17, 15) is 9.59 Å². The number of carboxylic acid groups (broad SMARTS) is 1. The van der Waals surface area contributed by atoms with Crippen molar-refractivity contribution in [3.8, 4) is 0 Å². The van der Waals surface area contributed by atoms with Crippen LogP contribution in [0.4, 0.5) is 5.69 Å². The molecule has 2 aliphatic rings. The summed E-state index contributed by atoms with van der Waals surface area (Å²) in [5.74, 6) is -1.09. The molecule has 0 aromatic heterocycles. The monoisotopic (exact) mass is 245 g/mol. The van der Waals surface area contributed by atoms with Crippen LogP contribution in [0, 0.1) is 0 Å². The van der Waals surface area contributed by atoms with Crippen LogP contribution in [-0.4, -0.2) is 23.5 Å². The molecule has 4 heteroatoms. The molecule has 1 N–H and O–H groups in total. The number of rotatable bonds is 2. The van der Waals surface area contributed by atoms with Gasteiger partial charge in [-0.3, -0.25) is 9.59 Å². The highest BCUT2D eigenvalue weighted by Gasteiger charge is 2.32. The molecule has 1 aromatic rings. The Kier molecular flexibility index (Phi) is 2.40. The molecule has 0 radical (unpaired) electrons. The average molecular weight is 245 g/mol. The molecule has 1 atom stereocenters. The minimum Gasteiger partial charge on any atom is -0.481 e. The van der Waals surface area contributed by atoms with Crippen LogP contribution < -0.4 is 4.90 Å². The summed E-state index contributed by atoms with van der Waals surface area (Å²) in [7, 11) is 0. The Hall–Kier alpha value is -1.84. The molecule has 0 fully saturated rings. The van der Waals surface area contributed by atoms with E-state index in [1.807, 2.05) is 17.0 Å². The maximum atomic E-state index is 11.8. The quantitative estimate of drug-likeness (QED) is 0.863. The molecule has 3 rings (SSSR count). The summed E-state index contributed by atoms with van der Waals surface area (Å²) >= 11 is 0. The first kappa shape index (κ1) is 11.3. The molecule has 18 heavy (non-hydrogen) atoms. The molecule has 1 amide bonds. The Bertz CT molecular complexity index is 550. The Morgan fingerprint density at radius 2 is 1.94 bits per heavy atom. The predicted molar refractivity (Wildman–Crippen MR) is 66.9 cm³/mol. The van der Waals surface area contributed by atoms with Gasteiger partial charge in [0.2, 0.25) is 5.91 Å². The van der Waals surface area contributed by atoms with Gasteiger partial charge in [0.15, 0.2) is 0 Å². The van der Waals surface area contributed by atoms with Gasteiger partial charge in [0.1, 0.15) is 0 Å². The first-order chi connectivity index (χ1) is 8.58. The molecule has 2 aliphatic heterocycles. The largest absolute Gasteiger partial charge is 0.481 e. The van der Waals surface area contributed by atoms with Crippen LogP contribution in [0.3, 0.4) is 0 Å². The fraction of sp³-hybridized carbons (Fsp3) is 0.429.